The smallest absolute Gasteiger partial charge is 0.211 e. The molecular weight excluding hydrogens is 352 g/mol. The van der Waals surface area contributed by atoms with Crippen molar-refractivity contribution < 1.29 is 0 Å². The summed E-state index contributed by atoms with van der Waals surface area (Å²) in [4.78, 5) is 4.78. The summed E-state index contributed by atoms with van der Waals surface area (Å²) in [6, 6.07) is 16.1. The van der Waals surface area contributed by atoms with Gasteiger partial charge in [-0.25, -0.2) is 4.98 Å². The van der Waals surface area contributed by atoms with Gasteiger partial charge < -0.3 is 4.57 Å². The van der Waals surface area contributed by atoms with E-state index in [-0.39, 0.29) is 0 Å². The van der Waals surface area contributed by atoms with Gasteiger partial charge in [0, 0.05) is 22.7 Å². The molecule has 0 fully saturated rings. The van der Waals surface area contributed by atoms with Crippen LogP contribution in [-0.2, 0) is 12.3 Å². The second kappa shape index (κ2) is 7.02. The van der Waals surface area contributed by atoms with Crippen LogP contribution in [0.5, 0.6) is 0 Å². The molecule has 0 amide bonds. The first-order valence-electron chi connectivity index (χ1n) is 8.26. The average molecular weight is 369 g/mol. The minimum Gasteiger partial charge on any atom is -0.324 e. The normalized spacial score (nSPS) is 11.4. The highest BCUT2D eigenvalue weighted by molar-refractivity contribution is 7.98. The Kier molecular flexibility index (Phi) is 4.59. The summed E-state index contributed by atoms with van der Waals surface area (Å²) in [5.41, 5.74) is 4.01. The molecule has 0 bridgehead atoms. The van der Waals surface area contributed by atoms with Crippen LogP contribution in [0, 0.1) is 0 Å². The lowest BCUT2D eigenvalue weighted by molar-refractivity contribution is 0.709. The second-order valence-corrected chi connectivity index (χ2v) is 7.17. The summed E-state index contributed by atoms with van der Waals surface area (Å²) < 4.78 is 2.24. The summed E-state index contributed by atoms with van der Waals surface area (Å²) in [5.74, 6) is 0.723. The minimum atomic E-state index is 0.674. The lowest BCUT2D eigenvalue weighted by Gasteiger charge is -2.05. The lowest BCUT2D eigenvalue weighted by atomic mass is 10.2. The molecule has 0 spiro atoms. The van der Waals surface area contributed by atoms with E-state index in [1.165, 1.54) is 0 Å². The minimum absolute atomic E-state index is 0.674. The summed E-state index contributed by atoms with van der Waals surface area (Å²) in [6.07, 6.45) is 1.04. The Labute approximate surface area is 155 Å². The summed E-state index contributed by atoms with van der Waals surface area (Å²) >= 11 is 7.79. The molecule has 4 aromatic rings. The predicted octanol–water partition coefficient (Wildman–Crippen LogP) is 5.34. The largest absolute Gasteiger partial charge is 0.324 e. The molecule has 0 aliphatic carbocycles. The molecule has 25 heavy (non-hydrogen) atoms. The van der Waals surface area contributed by atoms with E-state index in [1.807, 2.05) is 36.4 Å². The zero-order valence-corrected chi connectivity index (χ0v) is 15.4. The monoisotopic (exact) mass is 368 g/mol. The number of aromatic nitrogens is 4. The van der Waals surface area contributed by atoms with Crippen LogP contribution in [0.2, 0.25) is 5.02 Å². The van der Waals surface area contributed by atoms with Crippen LogP contribution in [0.4, 0.5) is 0 Å². The van der Waals surface area contributed by atoms with Gasteiger partial charge in [-0.1, -0.05) is 66.7 Å². The molecule has 6 heteroatoms. The Morgan fingerprint density at radius 2 is 1.84 bits per heavy atom. The Bertz CT molecular complexity index is 1040. The fourth-order valence-corrected chi connectivity index (χ4v) is 4.03. The summed E-state index contributed by atoms with van der Waals surface area (Å²) in [6.45, 7) is 3.08. The molecule has 126 valence electrons. The average Bonchev–Trinajstić information content (AvgIpc) is 2.95. The van der Waals surface area contributed by atoms with Crippen LogP contribution < -0.4 is 0 Å². The maximum Gasteiger partial charge on any atom is 0.211 e. The maximum atomic E-state index is 6.23. The van der Waals surface area contributed by atoms with Crippen LogP contribution >= 0.6 is 23.4 Å². The third kappa shape index (κ3) is 3.10. The van der Waals surface area contributed by atoms with Crippen molar-refractivity contribution in [3.8, 4) is 0 Å². The van der Waals surface area contributed by atoms with Crippen molar-refractivity contribution in [2.24, 2.45) is 0 Å². The van der Waals surface area contributed by atoms with Crippen molar-refractivity contribution in [3.05, 3.63) is 59.1 Å². The van der Waals surface area contributed by atoms with E-state index in [0.717, 1.165) is 51.4 Å². The van der Waals surface area contributed by atoms with Crippen molar-refractivity contribution in [2.45, 2.75) is 30.8 Å². The highest BCUT2D eigenvalue weighted by Crippen LogP contribution is 2.29. The van der Waals surface area contributed by atoms with E-state index < -0.39 is 0 Å². The Balaban J connectivity index is 1.73. The fraction of sp³-hybridized carbons (Fsp3) is 0.211. The number of benzene rings is 2. The van der Waals surface area contributed by atoms with E-state index >= 15 is 0 Å². The number of halogens is 1. The highest BCUT2D eigenvalue weighted by atomic mass is 35.5. The molecule has 0 atom stereocenters. The first kappa shape index (κ1) is 16.4. The van der Waals surface area contributed by atoms with Gasteiger partial charge >= 0.3 is 0 Å². The van der Waals surface area contributed by atoms with Gasteiger partial charge in [-0.05, 0) is 24.1 Å². The molecule has 2 aromatic heterocycles. The molecule has 0 aliphatic rings. The van der Waals surface area contributed by atoms with E-state index in [2.05, 4.69) is 33.8 Å². The number of thioether (sulfide) groups is 1. The zero-order valence-electron chi connectivity index (χ0n) is 13.8. The third-order valence-electron chi connectivity index (χ3n) is 4.12. The molecule has 2 heterocycles. The highest BCUT2D eigenvalue weighted by Gasteiger charge is 2.14. The molecule has 0 saturated heterocycles. The first-order chi connectivity index (χ1) is 12.3. The topological polar surface area (TPSA) is 43.6 Å². The lowest BCUT2D eigenvalue weighted by Crippen LogP contribution is -2.00. The predicted molar refractivity (Wildman–Crippen MR) is 104 cm³/mol. The van der Waals surface area contributed by atoms with Crippen molar-refractivity contribution >= 4 is 45.4 Å². The van der Waals surface area contributed by atoms with E-state index in [0.29, 0.717) is 5.16 Å². The van der Waals surface area contributed by atoms with Gasteiger partial charge in [0.25, 0.3) is 0 Å². The Hall–Kier alpha value is -2.11. The van der Waals surface area contributed by atoms with Gasteiger partial charge in [0.05, 0.1) is 5.52 Å². The third-order valence-corrected chi connectivity index (χ3v) is 5.37. The number of fused-ring (bicyclic) bond motifs is 3. The molecule has 0 aliphatic heterocycles. The molecule has 4 nitrogen and oxygen atoms in total. The molecule has 0 saturated carbocycles. The molecule has 0 N–H and O–H groups in total. The summed E-state index contributed by atoms with van der Waals surface area (Å²) in [7, 11) is 0. The standard InChI is InChI=1S/C19H17ClN4S/c1-2-11-24-16-10-6-4-8-14(16)17-18(24)21-19(23-22-17)25-12-13-7-3-5-9-15(13)20/h3-10H,2,11-12H2,1H3. The number of nitrogens with zero attached hydrogens (tertiary/aromatic N) is 4. The van der Waals surface area contributed by atoms with E-state index in [9.17, 15) is 0 Å². The molecule has 4 rings (SSSR count). The molecule has 0 unspecified atom stereocenters. The molecule has 0 radical (unpaired) electrons. The van der Waals surface area contributed by atoms with Gasteiger partial charge in [-0.3, -0.25) is 0 Å². The summed E-state index contributed by atoms with van der Waals surface area (Å²) in [5, 5.41) is 11.3. The van der Waals surface area contributed by atoms with Crippen LogP contribution in [0.25, 0.3) is 22.1 Å². The quantitative estimate of drug-likeness (QED) is 0.446. The van der Waals surface area contributed by atoms with Crippen molar-refractivity contribution in [3.63, 3.8) is 0 Å². The Morgan fingerprint density at radius 1 is 1.04 bits per heavy atom. The zero-order chi connectivity index (χ0) is 17.2. The number of para-hydroxylation sites is 1. The van der Waals surface area contributed by atoms with Gasteiger partial charge in [0.1, 0.15) is 5.52 Å². The number of rotatable bonds is 5. The van der Waals surface area contributed by atoms with Crippen molar-refractivity contribution in [1.29, 1.82) is 0 Å². The molecule has 2 aromatic carbocycles. The maximum absolute atomic E-state index is 6.23. The van der Waals surface area contributed by atoms with Crippen LogP contribution in [0.3, 0.4) is 0 Å². The van der Waals surface area contributed by atoms with Gasteiger partial charge in [-0.15, -0.1) is 10.2 Å². The second-order valence-electron chi connectivity index (χ2n) is 5.82. The van der Waals surface area contributed by atoms with Gasteiger partial charge in [-0.2, -0.15) is 0 Å². The number of aryl methyl sites for hydroxylation is 1. The van der Waals surface area contributed by atoms with Crippen LogP contribution in [0.1, 0.15) is 18.9 Å². The molecular formula is C19H17ClN4S. The van der Waals surface area contributed by atoms with Crippen molar-refractivity contribution in [2.75, 3.05) is 0 Å². The first-order valence-corrected chi connectivity index (χ1v) is 9.62. The van der Waals surface area contributed by atoms with E-state index in [4.69, 9.17) is 16.6 Å². The van der Waals surface area contributed by atoms with E-state index in [1.54, 1.807) is 11.8 Å². The fourth-order valence-electron chi connectivity index (χ4n) is 2.96. The SMILES string of the molecule is CCCn1c2ccccc2c2nnc(SCc3ccccc3Cl)nc21. The Morgan fingerprint density at radius 3 is 2.68 bits per heavy atom. The number of hydrogen-bond donors (Lipinski definition) is 0. The van der Waals surface area contributed by atoms with Crippen molar-refractivity contribution in [1.82, 2.24) is 19.7 Å². The van der Waals surface area contributed by atoms with Gasteiger partial charge in [0.15, 0.2) is 5.65 Å². The van der Waals surface area contributed by atoms with Gasteiger partial charge in [0.2, 0.25) is 5.16 Å². The van der Waals surface area contributed by atoms with Crippen LogP contribution in [0.15, 0.2) is 53.7 Å². The van der Waals surface area contributed by atoms with Crippen LogP contribution in [-0.4, -0.2) is 19.7 Å². The number of hydrogen-bond acceptors (Lipinski definition) is 4.